The summed E-state index contributed by atoms with van der Waals surface area (Å²) in [6.07, 6.45) is -12.6. The number of imidazole rings is 1. The molecule has 1 aromatic heterocycles. The number of H-pyrrole nitrogens is 1. The average molecular weight is 451 g/mol. The maximum Gasteiger partial charge on any atom is 0.435 e. The molecule has 13 heteroatoms. The van der Waals surface area contributed by atoms with E-state index in [1.807, 2.05) is 0 Å². The molecule has 3 aromatic rings. The molecule has 0 saturated carbocycles. The highest BCUT2D eigenvalue weighted by Crippen LogP contribution is 2.53. The topological polar surface area (TPSA) is 80.9 Å². The van der Waals surface area contributed by atoms with Crippen molar-refractivity contribution >= 4 is 16.7 Å². The summed E-state index contributed by atoms with van der Waals surface area (Å²) in [6, 6.07) is 5.14. The molecule has 0 atom stereocenters. The van der Waals surface area contributed by atoms with Gasteiger partial charge in [0.05, 0.1) is 22.5 Å². The molecule has 1 N–H and O–H groups in total. The summed E-state index contributed by atoms with van der Waals surface area (Å²) >= 11 is 0. The molecule has 0 saturated heterocycles. The fourth-order valence-corrected chi connectivity index (χ4v) is 3.22. The summed E-state index contributed by atoms with van der Waals surface area (Å²) in [5.41, 5.74) is -8.42. The molecule has 0 bridgehead atoms. The lowest BCUT2D eigenvalue weighted by Gasteiger charge is -2.30. The van der Waals surface area contributed by atoms with Gasteiger partial charge in [-0.25, -0.2) is 9.18 Å². The van der Waals surface area contributed by atoms with Gasteiger partial charge >= 0.3 is 23.7 Å². The van der Waals surface area contributed by atoms with Crippen LogP contribution in [0.15, 0.2) is 41.2 Å². The Morgan fingerprint density at radius 1 is 1.00 bits per heavy atom. The number of hydrogen-bond donors (Lipinski definition) is 1. The predicted molar refractivity (Wildman–Crippen MR) is 94.4 cm³/mol. The van der Waals surface area contributed by atoms with E-state index >= 15 is 0 Å². The summed E-state index contributed by atoms with van der Waals surface area (Å²) in [7, 11) is 0. The smallest absolute Gasteiger partial charge is 0.306 e. The van der Waals surface area contributed by atoms with Gasteiger partial charge in [0.2, 0.25) is 0 Å². The molecular weight excluding hydrogens is 439 g/mol. The van der Waals surface area contributed by atoms with E-state index in [2.05, 4.69) is 4.98 Å². The number of nitrogens with one attached hydrogen (secondary N) is 1. The summed E-state index contributed by atoms with van der Waals surface area (Å²) in [4.78, 5) is 24.7. The average Bonchev–Trinajstić information content (AvgIpc) is 2.93. The lowest BCUT2D eigenvalue weighted by Crippen LogP contribution is -2.50. The van der Waals surface area contributed by atoms with E-state index < -0.39 is 39.7 Å². The number of alkyl halides is 7. The number of nitro benzene ring substituents is 1. The van der Waals surface area contributed by atoms with Gasteiger partial charge in [-0.15, -0.1) is 0 Å². The SMILES string of the molecule is Cc1cc(Cn2c(=O)[nH]c3ccc(C(F)(C(F)(F)F)C(F)(F)F)cc32)ccc1[N+](=O)[O-]. The summed E-state index contributed by atoms with van der Waals surface area (Å²) < 4.78 is 93.6. The summed E-state index contributed by atoms with van der Waals surface area (Å²) in [5, 5.41) is 10.9. The van der Waals surface area contributed by atoms with Gasteiger partial charge in [0, 0.05) is 17.2 Å². The number of fused-ring (bicyclic) bond motifs is 1. The molecule has 0 aliphatic carbocycles. The Morgan fingerprint density at radius 2 is 1.61 bits per heavy atom. The quantitative estimate of drug-likeness (QED) is 0.349. The van der Waals surface area contributed by atoms with Gasteiger partial charge < -0.3 is 4.98 Å². The van der Waals surface area contributed by atoms with Gasteiger partial charge in [-0.1, -0.05) is 12.1 Å². The highest BCUT2D eigenvalue weighted by atomic mass is 19.4. The molecule has 1 heterocycles. The van der Waals surface area contributed by atoms with E-state index in [9.17, 15) is 45.6 Å². The van der Waals surface area contributed by atoms with Crippen LogP contribution < -0.4 is 5.69 Å². The Morgan fingerprint density at radius 3 is 2.13 bits per heavy atom. The Hall–Kier alpha value is -3.38. The molecule has 31 heavy (non-hydrogen) atoms. The Bertz CT molecular complexity index is 1210. The first-order valence-electron chi connectivity index (χ1n) is 8.46. The summed E-state index contributed by atoms with van der Waals surface area (Å²) in [6.45, 7) is 1.08. The van der Waals surface area contributed by atoms with Crippen molar-refractivity contribution < 1.29 is 35.7 Å². The first-order chi connectivity index (χ1) is 14.2. The van der Waals surface area contributed by atoms with Crippen molar-refractivity contribution in [1.29, 1.82) is 0 Å². The van der Waals surface area contributed by atoms with Crippen LogP contribution in [-0.2, 0) is 12.2 Å². The molecule has 0 spiro atoms. The van der Waals surface area contributed by atoms with Crippen LogP contribution in [0.4, 0.5) is 36.4 Å². The number of halogens is 7. The van der Waals surface area contributed by atoms with Gasteiger partial charge in [0.1, 0.15) is 0 Å². The molecule has 6 nitrogen and oxygen atoms in total. The number of hydrogen-bond acceptors (Lipinski definition) is 3. The van der Waals surface area contributed by atoms with Crippen molar-refractivity contribution in [3.8, 4) is 0 Å². The highest BCUT2D eigenvalue weighted by molar-refractivity contribution is 5.76. The molecule has 166 valence electrons. The molecule has 0 fully saturated rings. The third kappa shape index (κ3) is 3.64. The second-order valence-electron chi connectivity index (χ2n) is 6.78. The van der Waals surface area contributed by atoms with Crippen LogP contribution in [-0.4, -0.2) is 26.8 Å². The van der Waals surface area contributed by atoms with Crippen molar-refractivity contribution in [1.82, 2.24) is 9.55 Å². The minimum atomic E-state index is -6.30. The van der Waals surface area contributed by atoms with Crippen molar-refractivity contribution in [2.75, 3.05) is 0 Å². The van der Waals surface area contributed by atoms with Crippen molar-refractivity contribution in [2.45, 2.75) is 31.5 Å². The Labute approximate surface area is 168 Å². The highest BCUT2D eigenvalue weighted by Gasteiger charge is 2.73. The zero-order chi connectivity index (χ0) is 23.4. The number of aromatic nitrogens is 2. The second kappa shape index (κ2) is 7.10. The molecule has 0 radical (unpaired) electrons. The number of rotatable bonds is 4. The van der Waals surface area contributed by atoms with E-state index in [0.29, 0.717) is 17.7 Å². The third-order valence-corrected chi connectivity index (χ3v) is 4.75. The molecule has 0 aliphatic rings. The van der Waals surface area contributed by atoms with E-state index in [1.54, 1.807) is 0 Å². The minimum Gasteiger partial charge on any atom is -0.306 e. The van der Waals surface area contributed by atoms with Crippen LogP contribution in [0, 0.1) is 17.0 Å². The van der Waals surface area contributed by atoms with Crippen molar-refractivity contribution in [2.24, 2.45) is 0 Å². The largest absolute Gasteiger partial charge is 0.435 e. The van der Waals surface area contributed by atoms with Gasteiger partial charge in [-0.05, 0) is 30.7 Å². The predicted octanol–water partition coefficient (Wildman–Crippen LogP) is 4.88. The van der Waals surface area contributed by atoms with Crippen LogP contribution in [0.25, 0.3) is 11.0 Å². The van der Waals surface area contributed by atoms with Crippen LogP contribution in [0.1, 0.15) is 16.7 Å². The van der Waals surface area contributed by atoms with Gasteiger partial charge in [-0.2, -0.15) is 26.3 Å². The summed E-state index contributed by atoms with van der Waals surface area (Å²) in [5.74, 6) is 0. The van der Waals surface area contributed by atoms with Crippen LogP contribution in [0.3, 0.4) is 0 Å². The van der Waals surface area contributed by atoms with Crippen LogP contribution >= 0.6 is 0 Å². The Kier molecular flexibility index (Phi) is 5.11. The molecule has 0 unspecified atom stereocenters. The van der Waals surface area contributed by atoms with Gasteiger partial charge in [-0.3, -0.25) is 14.7 Å². The number of aromatic amines is 1. The second-order valence-corrected chi connectivity index (χ2v) is 6.78. The standard InChI is InChI=1S/C18H12F7N3O3/c1-9-6-10(2-5-13(9)28(30)31)8-27-14-7-11(3-4-12(14)26-15(27)29)16(19,17(20,21)22)18(23,24)25/h2-7H,8H2,1H3,(H,26,29). The maximum atomic E-state index is 14.4. The lowest BCUT2D eigenvalue weighted by atomic mass is 9.94. The molecule has 0 amide bonds. The lowest BCUT2D eigenvalue weighted by molar-refractivity contribution is -0.385. The van der Waals surface area contributed by atoms with E-state index in [-0.39, 0.29) is 23.3 Å². The third-order valence-electron chi connectivity index (χ3n) is 4.75. The fraction of sp³-hybridized carbons (Fsp3) is 0.278. The zero-order valence-electron chi connectivity index (χ0n) is 15.4. The van der Waals surface area contributed by atoms with E-state index in [4.69, 9.17) is 0 Å². The van der Waals surface area contributed by atoms with E-state index in [1.165, 1.54) is 19.1 Å². The number of benzene rings is 2. The first-order valence-corrected chi connectivity index (χ1v) is 8.46. The molecule has 3 rings (SSSR count). The van der Waals surface area contributed by atoms with Crippen molar-refractivity contribution in [3.05, 3.63) is 73.7 Å². The van der Waals surface area contributed by atoms with E-state index in [0.717, 1.165) is 16.7 Å². The maximum absolute atomic E-state index is 14.4. The molecular formula is C18H12F7N3O3. The fourth-order valence-electron chi connectivity index (χ4n) is 3.22. The van der Waals surface area contributed by atoms with Gasteiger partial charge in [0.25, 0.3) is 5.69 Å². The van der Waals surface area contributed by atoms with Crippen LogP contribution in [0.2, 0.25) is 0 Å². The number of nitrogens with zero attached hydrogens (tertiary/aromatic N) is 2. The Balaban J connectivity index is 2.15. The number of nitro groups is 1. The van der Waals surface area contributed by atoms with Crippen LogP contribution in [0.5, 0.6) is 0 Å². The van der Waals surface area contributed by atoms with Gasteiger partial charge in [0.15, 0.2) is 0 Å². The normalized spacial score (nSPS) is 13.0. The molecule has 2 aromatic carbocycles. The minimum absolute atomic E-state index is 0.112. The van der Waals surface area contributed by atoms with Crippen molar-refractivity contribution in [3.63, 3.8) is 0 Å². The monoisotopic (exact) mass is 451 g/mol. The zero-order valence-corrected chi connectivity index (χ0v) is 15.4. The molecule has 0 aliphatic heterocycles. The first kappa shape index (κ1) is 22.3. The number of aryl methyl sites for hydroxylation is 1.